The van der Waals surface area contributed by atoms with Gasteiger partial charge in [0.05, 0.1) is 13.2 Å². The molecule has 0 fully saturated rings. The fourth-order valence-electron chi connectivity index (χ4n) is 3.39. The number of pyridine rings is 1. The Balaban J connectivity index is 1.65. The van der Waals surface area contributed by atoms with Crippen LogP contribution in [0, 0.1) is 5.82 Å². The van der Waals surface area contributed by atoms with Crippen LogP contribution in [0.5, 0.6) is 0 Å². The van der Waals surface area contributed by atoms with Gasteiger partial charge in [-0.3, -0.25) is 14.8 Å². The molecule has 0 amide bonds. The molecule has 3 rings (SSSR count). The maximum absolute atomic E-state index is 13.2. The number of Topliss-reactive ketones (excluding diaryl/α,β-unsaturated/α-hetero) is 1. The molecule has 1 aromatic carbocycles. The lowest BCUT2D eigenvalue weighted by Gasteiger charge is -2.16. The second-order valence-electron chi connectivity index (χ2n) is 7.42. The van der Waals surface area contributed by atoms with E-state index in [1.54, 1.807) is 25.4 Å². The maximum atomic E-state index is 13.2. The van der Waals surface area contributed by atoms with Gasteiger partial charge in [0.25, 0.3) is 0 Å². The van der Waals surface area contributed by atoms with Crippen molar-refractivity contribution < 1.29 is 13.9 Å². The van der Waals surface area contributed by atoms with E-state index in [0.717, 1.165) is 28.2 Å². The zero-order chi connectivity index (χ0) is 20.1. The van der Waals surface area contributed by atoms with Crippen molar-refractivity contribution in [2.24, 2.45) is 4.99 Å². The van der Waals surface area contributed by atoms with Crippen molar-refractivity contribution in [2.45, 2.75) is 45.2 Å². The quantitative estimate of drug-likeness (QED) is 0.759. The number of halogens is 1. The van der Waals surface area contributed by atoms with Crippen molar-refractivity contribution in [1.82, 2.24) is 10.3 Å². The third-order valence-electron chi connectivity index (χ3n) is 4.70. The summed E-state index contributed by atoms with van der Waals surface area (Å²) in [4.78, 5) is 21.6. The van der Waals surface area contributed by atoms with Crippen LogP contribution < -0.4 is 5.32 Å². The van der Waals surface area contributed by atoms with Crippen molar-refractivity contribution in [3.05, 3.63) is 64.7 Å². The first-order chi connectivity index (χ1) is 13.5. The molecule has 1 aliphatic rings. The molecule has 0 radical (unpaired) electrons. The van der Waals surface area contributed by atoms with Crippen molar-refractivity contribution in [3.63, 3.8) is 0 Å². The Labute approximate surface area is 165 Å². The number of methoxy groups -OCH3 is 1. The predicted octanol–water partition coefficient (Wildman–Crippen LogP) is 3.41. The molecule has 0 spiro atoms. The molecule has 1 aromatic heterocycles. The average Bonchev–Trinajstić information content (AvgIpc) is 3.03. The first-order valence-corrected chi connectivity index (χ1v) is 9.51. The van der Waals surface area contributed by atoms with Gasteiger partial charge in [-0.25, -0.2) is 4.39 Å². The van der Waals surface area contributed by atoms with Gasteiger partial charge in [0.15, 0.2) is 0 Å². The Kier molecular flexibility index (Phi) is 6.52. The first kappa shape index (κ1) is 20.1. The maximum Gasteiger partial charge on any atom is 0.139 e. The van der Waals surface area contributed by atoms with Crippen LogP contribution in [-0.2, 0) is 22.5 Å². The van der Waals surface area contributed by atoms with E-state index in [2.05, 4.69) is 29.1 Å². The van der Waals surface area contributed by atoms with E-state index in [-0.39, 0.29) is 23.9 Å². The number of hydrogen-bond acceptors (Lipinski definition) is 5. The number of carbonyl (C=O) groups excluding carboxylic acids is 1. The van der Waals surface area contributed by atoms with Gasteiger partial charge in [-0.05, 0) is 43.2 Å². The average molecular weight is 383 g/mol. The number of nitrogens with zero attached hydrogens (tertiary/aromatic N) is 2. The highest BCUT2D eigenvalue weighted by Gasteiger charge is 2.20. The minimum absolute atomic E-state index is 0.0817. The molecule has 148 valence electrons. The monoisotopic (exact) mass is 383 g/mol. The van der Waals surface area contributed by atoms with Gasteiger partial charge in [0.1, 0.15) is 17.4 Å². The molecular formula is C22H26FN3O2. The van der Waals surface area contributed by atoms with Crippen molar-refractivity contribution in [2.75, 3.05) is 13.7 Å². The van der Waals surface area contributed by atoms with Crippen LogP contribution in [0.1, 0.15) is 48.6 Å². The molecule has 2 aromatic rings. The number of carbonyl (C=O) groups is 1. The minimum atomic E-state index is -0.290. The van der Waals surface area contributed by atoms with Gasteiger partial charge in [0, 0.05) is 49.4 Å². The number of ether oxygens (including phenoxy) is 1. The van der Waals surface area contributed by atoms with Gasteiger partial charge < -0.3 is 10.1 Å². The summed E-state index contributed by atoms with van der Waals surface area (Å²) in [5.74, 6) is 0.560. The van der Waals surface area contributed by atoms with Crippen LogP contribution in [0.4, 0.5) is 4.39 Å². The largest absolute Gasteiger partial charge is 0.384 e. The van der Waals surface area contributed by atoms with E-state index in [9.17, 15) is 9.18 Å². The molecule has 2 heterocycles. The lowest BCUT2D eigenvalue weighted by molar-refractivity contribution is -0.119. The molecule has 5 nitrogen and oxygen atoms in total. The van der Waals surface area contributed by atoms with Crippen LogP contribution in [0.25, 0.3) is 0 Å². The molecule has 0 bridgehead atoms. The summed E-state index contributed by atoms with van der Waals surface area (Å²) in [6.45, 7) is 5.15. The number of benzene rings is 1. The van der Waals surface area contributed by atoms with Crippen LogP contribution in [0.2, 0.25) is 0 Å². The summed E-state index contributed by atoms with van der Waals surface area (Å²) in [7, 11) is 1.60. The summed E-state index contributed by atoms with van der Waals surface area (Å²) in [6.07, 6.45) is 2.39. The van der Waals surface area contributed by atoms with E-state index in [4.69, 9.17) is 4.74 Å². The highest BCUT2D eigenvalue weighted by atomic mass is 19.1. The summed E-state index contributed by atoms with van der Waals surface area (Å²) in [6, 6.07) is 8.51. The lowest BCUT2D eigenvalue weighted by Crippen LogP contribution is -2.30. The summed E-state index contributed by atoms with van der Waals surface area (Å²) in [5.41, 5.74) is 3.75. The molecular weight excluding hydrogens is 357 g/mol. The molecule has 1 aliphatic heterocycles. The van der Waals surface area contributed by atoms with E-state index in [1.807, 2.05) is 6.07 Å². The smallest absolute Gasteiger partial charge is 0.139 e. The Morgan fingerprint density at radius 1 is 1.29 bits per heavy atom. The summed E-state index contributed by atoms with van der Waals surface area (Å²) >= 11 is 0. The summed E-state index contributed by atoms with van der Waals surface area (Å²) < 4.78 is 18.4. The number of ketones is 1. The van der Waals surface area contributed by atoms with Crippen LogP contribution >= 0.6 is 0 Å². The molecule has 0 saturated carbocycles. The van der Waals surface area contributed by atoms with Gasteiger partial charge in [-0.1, -0.05) is 12.1 Å². The number of fused-ring (bicyclic) bond motifs is 1. The van der Waals surface area contributed by atoms with Gasteiger partial charge >= 0.3 is 0 Å². The van der Waals surface area contributed by atoms with Crippen LogP contribution in [-0.4, -0.2) is 36.4 Å². The fraction of sp³-hybridized carbons (Fsp3) is 0.409. The van der Waals surface area contributed by atoms with Crippen molar-refractivity contribution >= 4 is 11.6 Å². The number of nitrogens with one attached hydrogen (secondary N) is 1. The van der Waals surface area contributed by atoms with Gasteiger partial charge in [0.2, 0.25) is 0 Å². The third kappa shape index (κ3) is 5.01. The topological polar surface area (TPSA) is 63.6 Å². The number of rotatable bonds is 8. The molecule has 0 saturated heterocycles. The Hall–Kier alpha value is -2.60. The third-order valence-corrected chi connectivity index (χ3v) is 4.70. The molecule has 0 aliphatic carbocycles. The SMILES string of the molecule is COC[C@@H](CC(=O)Cc1cc2c(cn1)C(NC(C)C)=NC2)c1ccc(F)cc1. The highest BCUT2D eigenvalue weighted by molar-refractivity contribution is 6.01. The second kappa shape index (κ2) is 9.06. The van der Waals surface area contributed by atoms with E-state index in [1.165, 1.54) is 12.1 Å². The fourth-order valence-corrected chi connectivity index (χ4v) is 3.39. The number of aliphatic imine (C=N–C) groups is 1. The number of aromatic nitrogens is 1. The molecule has 0 unspecified atom stereocenters. The van der Waals surface area contributed by atoms with Gasteiger partial charge in [-0.15, -0.1) is 0 Å². The number of hydrogen-bond donors (Lipinski definition) is 1. The Bertz CT molecular complexity index is 863. The van der Waals surface area contributed by atoms with Crippen LogP contribution in [0.15, 0.2) is 41.5 Å². The van der Waals surface area contributed by atoms with Gasteiger partial charge in [-0.2, -0.15) is 0 Å². The predicted molar refractivity (Wildman–Crippen MR) is 107 cm³/mol. The first-order valence-electron chi connectivity index (χ1n) is 9.51. The zero-order valence-electron chi connectivity index (χ0n) is 16.5. The van der Waals surface area contributed by atoms with Crippen molar-refractivity contribution in [3.8, 4) is 0 Å². The Morgan fingerprint density at radius 2 is 2.04 bits per heavy atom. The minimum Gasteiger partial charge on any atom is -0.384 e. The standard InChI is InChI=1S/C22H26FN3O2/c1-14(2)26-22-21-12-24-19(8-16(21)11-25-22)10-20(27)9-17(13-28-3)15-4-6-18(23)7-5-15/h4-8,12,14,17H,9-11,13H2,1-3H3,(H,25,26)/t17-/m1/s1. The molecule has 28 heavy (non-hydrogen) atoms. The Morgan fingerprint density at radius 3 is 2.71 bits per heavy atom. The van der Waals surface area contributed by atoms with Crippen molar-refractivity contribution in [1.29, 1.82) is 0 Å². The second-order valence-corrected chi connectivity index (χ2v) is 7.42. The van der Waals surface area contributed by atoms with E-state index < -0.39 is 0 Å². The molecule has 1 N–H and O–H groups in total. The van der Waals surface area contributed by atoms with E-state index in [0.29, 0.717) is 25.6 Å². The van der Waals surface area contributed by atoms with Crippen LogP contribution in [0.3, 0.4) is 0 Å². The highest BCUT2D eigenvalue weighted by Crippen LogP contribution is 2.23. The lowest BCUT2D eigenvalue weighted by atomic mass is 9.93. The number of amidine groups is 1. The zero-order valence-corrected chi connectivity index (χ0v) is 16.5. The molecule has 1 atom stereocenters. The van der Waals surface area contributed by atoms with E-state index >= 15 is 0 Å². The molecule has 6 heteroatoms. The normalized spacial score (nSPS) is 14.0. The summed E-state index contributed by atoms with van der Waals surface area (Å²) in [5, 5.41) is 3.32.